The summed E-state index contributed by atoms with van der Waals surface area (Å²) in [7, 11) is 1.64. The molecule has 1 aliphatic carbocycles. The third-order valence-electron chi connectivity index (χ3n) is 6.28. The molecule has 0 fully saturated rings. The van der Waals surface area contributed by atoms with E-state index >= 15 is 0 Å². The van der Waals surface area contributed by atoms with E-state index in [1.165, 1.54) is 0 Å². The summed E-state index contributed by atoms with van der Waals surface area (Å²) >= 11 is 0. The third kappa shape index (κ3) is 5.01. The van der Waals surface area contributed by atoms with Gasteiger partial charge in [0.1, 0.15) is 17.2 Å². The molecule has 1 aliphatic rings. The van der Waals surface area contributed by atoms with Gasteiger partial charge in [-0.2, -0.15) is 0 Å². The number of carbonyl (C=O) groups excluding carboxylic acids is 2. The molecule has 2 aromatic carbocycles. The number of aromatic nitrogens is 1. The molecule has 1 N–H and O–H groups in total. The van der Waals surface area contributed by atoms with Crippen LogP contribution in [0.4, 0.5) is 0 Å². The minimum atomic E-state index is -0.414. The van der Waals surface area contributed by atoms with E-state index in [4.69, 9.17) is 14.2 Å². The lowest BCUT2D eigenvalue weighted by Gasteiger charge is -2.22. The van der Waals surface area contributed by atoms with Gasteiger partial charge in [-0.1, -0.05) is 24.3 Å². The van der Waals surface area contributed by atoms with Gasteiger partial charge in [0.05, 0.1) is 20.3 Å². The average molecular weight is 462 g/mol. The molecule has 0 spiro atoms. The molecule has 0 amide bonds. The van der Waals surface area contributed by atoms with Crippen LogP contribution in [-0.4, -0.2) is 37.1 Å². The topological polar surface area (TPSA) is 77.6 Å². The van der Waals surface area contributed by atoms with E-state index in [2.05, 4.69) is 4.98 Å². The Morgan fingerprint density at radius 3 is 2.50 bits per heavy atom. The van der Waals surface area contributed by atoms with E-state index in [0.29, 0.717) is 43.5 Å². The van der Waals surface area contributed by atoms with Gasteiger partial charge in [-0.15, -0.1) is 0 Å². The smallest absolute Gasteiger partial charge is 0.355 e. The summed E-state index contributed by atoms with van der Waals surface area (Å²) in [5, 5.41) is 0. The van der Waals surface area contributed by atoms with Crippen molar-refractivity contribution in [2.45, 2.75) is 45.4 Å². The fourth-order valence-electron chi connectivity index (χ4n) is 4.69. The van der Waals surface area contributed by atoms with Gasteiger partial charge in [0.2, 0.25) is 0 Å². The number of benzene rings is 2. The molecule has 1 aromatic heterocycles. The second-order valence-corrected chi connectivity index (χ2v) is 8.43. The van der Waals surface area contributed by atoms with E-state index in [1.54, 1.807) is 14.0 Å². The second-order valence-electron chi connectivity index (χ2n) is 8.43. The monoisotopic (exact) mass is 461 g/mol. The first kappa shape index (κ1) is 23.6. The lowest BCUT2D eigenvalue weighted by molar-refractivity contribution is 0.0518. The molecule has 178 valence electrons. The van der Waals surface area contributed by atoms with Crippen LogP contribution in [0.15, 0.2) is 48.5 Å². The molecule has 6 heteroatoms. The number of hydrogen-bond donors (Lipinski definition) is 1. The van der Waals surface area contributed by atoms with Gasteiger partial charge in [0.15, 0.2) is 5.78 Å². The number of ether oxygens (including phenoxy) is 3. The van der Waals surface area contributed by atoms with Crippen LogP contribution >= 0.6 is 0 Å². The predicted molar refractivity (Wildman–Crippen MR) is 130 cm³/mol. The summed E-state index contributed by atoms with van der Waals surface area (Å²) in [5.74, 6) is 1.30. The standard InChI is InChI=1S/C28H31NO5/c1-4-33-21-12-10-19(11-13-21)20-16-24-26(25(30)17-20)23(27(29-24)28(31)34-5-2)14-9-18-7-6-8-22(15-18)32-3/h6-8,10-13,15,20,29H,4-5,9,14,16-17H2,1-3H3. The minimum Gasteiger partial charge on any atom is -0.497 e. The van der Waals surface area contributed by atoms with Crippen LogP contribution < -0.4 is 9.47 Å². The molecular formula is C28H31NO5. The van der Waals surface area contributed by atoms with Gasteiger partial charge in [-0.25, -0.2) is 4.79 Å². The molecule has 3 aromatic rings. The van der Waals surface area contributed by atoms with Crippen LogP contribution in [0.3, 0.4) is 0 Å². The summed E-state index contributed by atoms with van der Waals surface area (Å²) in [6, 6.07) is 15.8. The SMILES string of the molecule is CCOC(=O)c1[nH]c2c(c1CCc1cccc(OC)c1)C(=O)CC(c1ccc(OCC)cc1)C2. The Hall–Kier alpha value is -3.54. The van der Waals surface area contributed by atoms with Crippen LogP contribution in [0.1, 0.15) is 69.4 Å². The largest absolute Gasteiger partial charge is 0.497 e. The van der Waals surface area contributed by atoms with Gasteiger partial charge in [0.25, 0.3) is 0 Å². The summed E-state index contributed by atoms with van der Waals surface area (Å²) in [4.78, 5) is 29.4. The lowest BCUT2D eigenvalue weighted by atomic mass is 9.80. The Balaban J connectivity index is 1.62. The summed E-state index contributed by atoms with van der Waals surface area (Å²) in [5.41, 5.74) is 4.81. The molecule has 34 heavy (non-hydrogen) atoms. The zero-order valence-electron chi connectivity index (χ0n) is 20.0. The molecule has 4 rings (SSSR count). The van der Waals surface area contributed by atoms with Crippen molar-refractivity contribution in [1.82, 2.24) is 4.98 Å². The molecule has 0 saturated heterocycles. The van der Waals surface area contributed by atoms with E-state index in [1.807, 2.05) is 55.5 Å². The average Bonchev–Trinajstić information content (AvgIpc) is 3.23. The molecule has 1 atom stereocenters. The zero-order chi connectivity index (χ0) is 24.1. The molecule has 1 heterocycles. The number of carbonyl (C=O) groups is 2. The van der Waals surface area contributed by atoms with Gasteiger partial charge in [-0.05, 0) is 80.0 Å². The van der Waals surface area contributed by atoms with Gasteiger partial charge in [-0.3, -0.25) is 4.79 Å². The van der Waals surface area contributed by atoms with Crippen LogP contribution in [0, 0.1) is 0 Å². The molecule has 1 unspecified atom stereocenters. The summed E-state index contributed by atoms with van der Waals surface area (Å²) < 4.78 is 16.2. The predicted octanol–water partition coefficient (Wildman–Crippen LogP) is 5.30. The third-order valence-corrected chi connectivity index (χ3v) is 6.28. The van der Waals surface area contributed by atoms with Crippen LogP contribution in [-0.2, 0) is 24.0 Å². The zero-order valence-corrected chi connectivity index (χ0v) is 20.0. The number of fused-ring (bicyclic) bond motifs is 1. The first-order chi connectivity index (χ1) is 16.5. The van der Waals surface area contributed by atoms with Crippen LogP contribution in [0.5, 0.6) is 11.5 Å². The Kier molecular flexibility index (Phi) is 7.36. The quantitative estimate of drug-likeness (QED) is 0.438. The maximum absolute atomic E-state index is 13.3. The van der Waals surface area contributed by atoms with E-state index < -0.39 is 5.97 Å². The summed E-state index contributed by atoms with van der Waals surface area (Å²) in [6.07, 6.45) is 2.32. The van der Waals surface area contributed by atoms with Crippen molar-refractivity contribution in [1.29, 1.82) is 0 Å². The number of aryl methyl sites for hydroxylation is 1. The number of aromatic amines is 1. The fraction of sp³-hybridized carbons (Fsp3) is 0.357. The highest BCUT2D eigenvalue weighted by Crippen LogP contribution is 2.36. The van der Waals surface area contributed by atoms with E-state index in [9.17, 15) is 9.59 Å². The van der Waals surface area contributed by atoms with E-state index in [-0.39, 0.29) is 18.3 Å². The first-order valence-electron chi connectivity index (χ1n) is 11.8. The van der Waals surface area contributed by atoms with Crippen molar-refractivity contribution in [3.05, 3.63) is 82.2 Å². The molecular weight excluding hydrogens is 430 g/mol. The highest BCUT2D eigenvalue weighted by atomic mass is 16.5. The fourth-order valence-corrected chi connectivity index (χ4v) is 4.69. The normalized spacial score (nSPS) is 15.0. The van der Waals surface area contributed by atoms with Crippen LogP contribution in [0.2, 0.25) is 0 Å². The van der Waals surface area contributed by atoms with Crippen molar-refractivity contribution in [3.63, 3.8) is 0 Å². The first-order valence-corrected chi connectivity index (χ1v) is 11.8. The number of nitrogens with one attached hydrogen (secondary N) is 1. The van der Waals surface area contributed by atoms with Crippen molar-refractivity contribution >= 4 is 11.8 Å². The number of H-pyrrole nitrogens is 1. The molecule has 0 bridgehead atoms. The molecule has 6 nitrogen and oxygen atoms in total. The number of ketones is 1. The lowest BCUT2D eigenvalue weighted by Crippen LogP contribution is -2.19. The van der Waals surface area contributed by atoms with Gasteiger partial charge >= 0.3 is 5.97 Å². The maximum atomic E-state index is 13.3. The van der Waals surface area contributed by atoms with Crippen molar-refractivity contribution in [2.24, 2.45) is 0 Å². The maximum Gasteiger partial charge on any atom is 0.355 e. The Labute approximate surface area is 200 Å². The number of Topliss-reactive ketones (excluding diaryl/α,β-unsaturated/α-hetero) is 1. The number of esters is 1. The minimum absolute atomic E-state index is 0.0515. The van der Waals surface area contributed by atoms with Crippen molar-refractivity contribution in [2.75, 3.05) is 20.3 Å². The van der Waals surface area contributed by atoms with E-state index in [0.717, 1.165) is 33.9 Å². The Morgan fingerprint density at radius 1 is 1.00 bits per heavy atom. The number of hydrogen-bond acceptors (Lipinski definition) is 5. The Morgan fingerprint density at radius 2 is 1.79 bits per heavy atom. The molecule has 0 saturated carbocycles. The highest BCUT2D eigenvalue weighted by molar-refractivity contribution is 6.04. The van der Waals surface area contributed by atoms with Crippen molar-refractivity contribution in [3.8, 4) is 11.5 Å². The van der Waals surface area contributed by atoms with Gasteiger partial charge in [0, 0.05) is 17.7 Å². The number of methoxy groups -OCH3 is 1. The molecule has 0 aliphatic heterocycles. The van der Waals surface area contributed by atoms with Crippen LogP contribution in [0.25, 0.3) is 0 Å². The molecule has 0 radical (unpaired) electrons. The highest BCUT2D eigenvalue weighted by Gasteiger charge is 2.33. The van der Waals surface area contributed by atoms with Crippen molar-refractivity contribution < 1.29 is 23.8 Å². The number of rotatable bonds is 9. The Bertz CT molecular complexity index is 1160. The second kappa shape index (κ2) is 10.6. The summed E-state index contributed by atoms with van der Waals surface area (Å²) in [6.45, 7) is 4.63. The van der Waals surface area contributed by atoms with Gasteiger partial charge < -0.3 is 19.2 Å².